The van der Waals surface area contributed by atoms with Crippen LogP contribution in [0.25, 0.3) is 11.1 Å². The van der Waals surface area contributed by atoms with Crippen molar-refractivity contribution >= 4 is 11.9 Å². The van der Waals surface area contributed by atoms with Crippen LogP contribution in [0.3, 0.4) is 0 Å². The molecule has 37 heavy (non-hydrogen) atoms. The van der Waals surface area contributed by atoms with Crippen molar-refractivity contribution in [3.05, 3.63) is 54.1 Å². The van der Waals surface area contributed by atoms with E-state index in [2.05, 4.69) is 36.4 Å². The first-order valence-corrected chi connectivity index (χ1v) is 14.3. The summed E-state index contributed by atoms with van der Waals surface area (Å²) in [6, 6.07) is 17.1. The minimum absolute atomic E-state index is 0.0729. The number of esters is 2. The number of benzene rings is 2. The van der Waals surface area contributed by atoms with Gasteiger partial charge in [0.15, 0.2) is 0 Å². The highest BCUT2D eigenvalue weighted by atomic mass is 16.5. The lowest BCUT2D eigenvalue weighted by molar-refractivity contribution is -0.144. The standard InChI is InChI=1S/C32H46O5/c1-3-13-31(33)36-25-11-6-5-9-15-27-16-18-28(19-17-27)29-20-22-30(23-21-29)35-24-10-7-8-12-26-37-32(34)14-4-2/h16-23H,3-15,24-26H2,1-2H3. The van der Waals surface area contributed by atoms with E-state index in [-0.39, 0.29) is 11.9 Å². The molecular weight excluding hydrogens is 464 g/mol. The molecule has 0 unspecified atom stereocenters. The third-order valence-electron chi connectivity index (χ3n) is 6.24. The van der Waals surface area contributed by atoms with E-state index in [9.17, 15) is 9.59 Å². The van der Waals surface area contributed by atoms with Gasteiger partial charge in [-0.3, -0.25) is 9.59 Å². The van der Waals surface area contributed by atoms with Gasteiger partial charge in [-0.05, 0) is 86.6 Å². The van der Waals surface area contributed by atoms with Crippen molar-refractivity contribution in [2.75, 3.05) is 19.8 Å². The molecule has 0 aliphatic carbocycles. The van der Waals surface area contributed by atoms with Crippen LogP contribution in [0.4, 0.5) is 0 Å². The van der Waals surface area contributed by atoms with E-state index < -0.39 is 0 Å². The SMILES string of the molecule is CCCC(=O)OCCCCCCOc1ccc(-c2ccc(CCCCCCOC(=O)CCC)cc2)cc1. The second-order valence-electron chi connectivity index (χ2n) is 9.59. The zero-order chi connectivity index (χ0) is 26.6. The summed E-state index contributed by atoms with van der Waals surface area (Å²) in [5, 5.41) is 0. The van der Waals surface area contributed by atoms with Gasteiger partial charge in [-0.2, -0.15) is 0 Å². The van der Waals surface area contributed by atoms with E-state index in [4.69, 9.17) is 14.2 Å². The molecule has 0 atom stereocenters. The lowest BCUT2D eigenvalue weighted by atomic mass is 10.0. The summed E-state index contributed by atoms with van der Waals surface area (Å²) in [5.74, 6) is 0.738. The third kappa shape index (κ3) is 13.9. The number of carbonyl (C=O) groups is 2. The van der Waals surface area contributed by atoms with Crippen LogP contribution in [0, 0.1) is 0 Å². The Morgan fingerprint density at radius 3 is 1.54 bits per heavy atom. The molecule has 0 heterocycles. The fourth-order valence-electron chi connectivity index (χ4n) is 4.06. The number of aryl methyl sites for hydroxylation is 1. The smallest absolute Gasteiger partial charge is 0.305 e. The summed E-state index contributed by atoms with van der Waals surface area (Å²) in [4.78, 5) is 22.7. The lowest BCUT2D eigenvalue weighted by Gasteiger charge is -2.09. The van der Waals surface area contributed by atoms with Crippen LogP contribution in [0.1, 0.15) is 96.5 Å². The Bertz CT molecular complexity index is 873. The topological polar surface area (TPSA) is 61.8 Å². The molecular formula is C32H46O5. The van der Waals surface area contributed by atoms with E-state index >= 15 is 0 Å². The lowest BCUT2D eigenvalue weighted by Crippen LogP contribution is -2.05. The number of carbonyl (C=O) groups excluding carboxylic acids is 2. The summed E-state index contributed by atoms with van der Waals surface area (Å²) >= 11 is 0. The maximum absolute atomic E-state index is 11.3. The molecule has 0 saturated carbocycles. The minimum atomic E-state index is -0.0863. The number of hydrogen-bond donors (Lipinski definition) is 0. The van der Waals surface area contributed by atoms with Crippen molar-refractivity contribution in [1.82, 2.24) is 0 Å². The second-order valence-corrected chi connectivity index (χ2v) is 9.59. The molecule has 0 N–H and O–H groups in total. The maximum atomic E-state index is 11.3. The summed E-state index contributed by atoms with van der Waals surface area (Å²) in [7, 11) is 0. The summed E-state index contributed by atoms with van der Waals surface area (Å²) in [6.07, 6.45) is 12.2. The summed E-state index contributed by atoms with van der Waals surface area (Å²) in [5.41, 5.74) is 3.76. The molecule has 2 aromatic carbocycles. The molecule has 204 valence electrons. The number of ether oxygens (including phenoxy) is 3. The van der Waals surface area contributed by atoms with E-state index in [1.807, 2.05) is 26.0 Å². The van der Waals surface area contributed by atoms with Gasteiger partial charge in [0.05, 0.1) is 19.8 Å². The molecule has 0 radical (unpaired) electrons. The van der Waals surface area contributed by atoms with Crippen molar-refractivity contribution in [2.24, 2.45) is 0 Å². The van der Waals surface area contributed by atoms with E-state index in [1.165, 1.54) is 16.7 Å². The monoisotopic (exact) mass is 510 g/mol. The molecule has 0 bridgehead atoms. The summed E-state index contributed by atoms with van der Waals surface area (Å²) < 4.78 is 16.3. The van der Waals surface area contributed by atoms with Crippen LogP contribution in [-0.4, -0.2) is 31.8 Å². The Balaban J connectivity index is 1.56. The van der Waals surface area contributed by atoms with Crippen LogP contribution < -0.4 is 4.74 Å². The Labute approximate surface area is 223 Å². The summed E-state index contributed by atoms with van der Waals surface area (Å²) in [6.45, 7) is 5.76. The average molecular weight is 511 g/mol. The molecule has 0 amide bonds. The first-order valence-electron chi connectivity index (χ1n) is 14.3. The molecule has 0 spiro atoms. The van der Waals surface area contributed by atoms with Gasteiger partial charge in [-0.15, -0.1) is 0 Å². The van der Waals surface area contributed by atoms with Crippen molar-refractivity contribution in [2.45, 2.75) is 97.3 Å². The maximum Gasteiger partial charge on any atom is 0.305 e. The largest absolute Gasteiger partial charge is 0.494 e. The number of unbranched alkanes of at least 4 members (excludes halogenated alkanes) is 6. The van der Waals surface area contributed by atoms with Gasteiger partial charge in [0.25, 0.3) is 0 Å². The minimum Gasteiger partial charge on any atom is -0.494 e. The Morgan fingerprint density at radius 1 is 0.568 bits per heavy atom. The fourth-order valence-corrected chi connectivity index (χ4v) is 4.06. The Morgan fingerprint density at radius 2 is 1.03 bits per heavy atom. The van der Waals surface area contributed by atoms with Crippen LogP contribution in [-0.2, 0) is 25.5 Å². The normalized spacial score (nSPS) is 10.8. The first-order chi connectivity index (χ1) is 18.1. The highest BCUT2D eigenvalue weighted by Crippen LogP contribution is 2.23. The molecule has 5 heteroatoms. The third-order valence-corrected chi connectivity index (χ3v) is 6.24. The quantitative estimate of drug-likeness (QED) is 0.133. The van der Waals surface area contributed by atoms with Crippen molar-refractivity contribution in [1.29, 1.82) is 0 Å². The molecule has 2 aromatic rings. The van der Waals surface area contributed by atoms with Crippen molar-refractivity contribution in [3.63, 3.8) is 0 Å². The Kier molecular flexibility index (Phi) is 15.9. The number of rotatable bonds is 20. The fraction of sp³-hybridized carbons (Fsp3) is 0.562. The molecule has 5 nitrogen and oxygen atoms in total. The second kappa shape index (κ2) is 19.3. The first kappa shape index (κ1) is 30.4. The van der Waals surface area contributed by atoms with Crippen molar-refractivity contribution in [3.8, 4) is 16.9 Å². The predicted octanol–water partition coefficient (Wildman–Crippen LogP) is 8.08. The van der Waals surface area contributed by atoms with Gasteiger partial charge in [0, 0.05) is 12.8 Å². The zero-order valence-electron chi connectivity index (χ0n) is 23.0. The van der Waals surface area contributed by atoms with Crippen molar-refractivity contribution < 1.29 is 23.8 Å². The molecule has 0 aliphatic heterocycles. The highest BCUT2D eigenvalue weighted by molar-refractivity contribution is 5.69. The van der Waals surface area contributed by atoms with E-state index in [1.54, 1.807) is 0 Å². The molecule has 2 rings (SSSR count). The zero-order valence-corrected chi connectivity index (χ0v) is 23.0. The van der Waals surface area contributed by atoms with Crippen LogP contribution in [0.15, 0.2) is 48.5 Å². The van der Waals surface area contributed by atoms with Crippen LogP contribution in [0.2, 0.25) is 0 Å². The van der Waals surface area contributed by atoms with Crippen LogP contribution in [0.5, 0.6) is 5.75 Å². The average Bonchev–Trinajstić information content (AvgIpc) is 2.91. The van der Waals surface area contributed by atoms with Crippen LogP contribution >= 0.6 is 0 Å². The molecule has 0 saturated heterocycles. The Hall–Kier alpha value is -2.82. The van der Waals surface area contributed by atoms with Gasteiger partial charge in [0.2, 0.25) is 0 Å². The van der Waals surface area contributed by atoms with Gasteiger partial charge in [-0.1, -0.05) is 63.1 Å². The molecule has 0 fully saturated rings. The predicted molar refractivity (Wildman–Crippen MR) is 150 cm³/mol. The van der Waals surface area contributed by atoms with Gasteiger partial charge >= 0.3 is 11.9 Å². The van der Waals surface area contributed by atoms with Gasteiger partial charge in [0.1, 0.15) is 5.75 Å². The molecule has 0 aliphatic rings. The van der Waals surface area contributed by atoms with E-state index in [0.29, 0.717) is 32.7 Å². The van der Waals surface area contributed by atoms with Gasteiger partial charge < -0.3 is 14.2 Å². The van der Waals surface area contributed by atoms with E-state index in [0.717, 1.165) is 76.4 Å². The highest BCUT2D eigenvalue weighted by Gasteiger charge is 2.03. The van der Waals surface area contributed by atoms with Gasteiger partial charge in [-0.25, -0.2) is 0 Å². The molecule has 0 aromatic heterocycles. The number of hydrogen-bond acceptors (Lipinski definition) is 5.